The minimum Gasteiger partial charge on any atom is -0.467 e. The summed E-state index contributed by atoms with van der Waals surface area (Å²) in [7, 11) is 1.13. The zero-order valence-electron chi connectivity index (χ0n) is 14.5. The van der Waals surface area contributed by atoms with Crippen molar-refractivity contribution in [2.24, 2.45) is 0 Å². The second-order valence-electron chi connectivity index (χ2n) is 6.34. The van der Waals surface area contributed by atoms with Crippen molar-refractivity contribution in [3.63, 3.8) is 0 Å². The standard InChI is InChI=1S/C16H22N2O7/c1-16(2,3)25-15(21)17-13(14(20)24-4)12(19)9-10-5-7-11(8-6-10)18(22)23/h5-8,12-13,19H,9H2,1-4H3,(H,17,21)/t12-,13+/m1/s1. The molecule has 1 amide bonds. The highest BCUT2D eigenvalue weighted by Crippen LogP contribution is 2.15. The molecule has 1 rings (SSSR count). The van der Waals surface area contributed by atoms with Crippen LogP contribution in [0.3, 0.4) is 0 Å². The summed E-state index contributed by atoms with van der Waals surface area (Å²) in [6.45, 7) is 4.98. The zero-order chi connectivity index (χ0) is 19.2. The highest BCUT2D eigenvalue weighted by Gasteiger charge is 2.31. The number of carbonyl (C=O) groups excluding carboxylic acids is 2. The Hall–Kier alpha value is -2.68. The van der Waals surface area contributed by atoms with Crippen LogP contribution in [0.1, 0.15) is 26.3 Å². The molecule has 0 bridgehead atoms. The Morgan fingerprint density at radius 1 is 1.28 bits per heavy atom. The quantitative estimate of drug-likeness (QED) is 0.451. The van der Waals surface area contributed by atoms with Crippen LogP contribution >= 0.6 is 0 Å². The van der Waals surface area contributed by atoms with Gasteiger partial charge in [-0.2, -0.15) is 0 Å². The van der Waals surface area contributed by atoms with E-state index in [1.54, 1.807) is 20.8 Å². The number of non-ortho nitro benzene ring substituents is 1. The molecule has 0 aliphatic carbocycles. The maximum atomic E-state index is 11.8. The smallest absolute Gasteiger partial charge is 0.408 e. The minimum atomic E-state index is -1.34. The van der Waals surface area contributed by atoms with E-state index in [1.807, 2.05) is 0 Å². The van der Waals surface area contributed by atoms with Crippen LogP contribution in [0, 0.1) is 10.1 Å². The molecule has 2 N–H and O–H groups in total. The summed E-state index contributed by atoms with van der Waals surface area (Å²) in [5.41, 5.74) is -0.304. The third-order valence-electron chi connectivity index (χ3n) is 3.10. The first-order valence-corrected chi connectivity index (χ1v) is 7.52. The zero-order valence-corrected chi connectivity index (χ0v) is 14.5. The van der Waals surface area contributed by atoms with Gasteiger partial charge in [0.05, 0.1) is 18.1 Å². The van der Waals surface area contributed by atoms with Crippen molar-refractivity contribution in [2.45, 2.75) is 44.9 Å². The van der Waals surface area contributed by atoms with Gasteiger partial charge in [0, 0.05) is 18.6 Å². The number of methoxy groups -OCH3 is 1. The molecule has 2 atom stereocenters. The van der Waals surface area contributed by atoms with Crippen molar-refractivity contribution >= 4 is 17.7 Å². The number of hydrogen-bond donors (Lipinski definition) is 2. The monoisotopic (exact) mass is 354 g/mol. The van der Waals surface area contributed by atoms with Crippen LogP contribution in [0.4, 0.5) is 10.5 Å². The number of amides is 1. The lowest BCUT2D eigenvalue weighted by molar-refractivity contribution is -0.384. The number of esters is 1. The summed E-state index contributed by atoms with van der Waals surface area (Å²) in [6.07, 6.45) is -2.19. The molecule has 0 aliphatic heterocycles. The first-order chi connectivity index (χ1) is 11.5. The van der Waals surface area contributed by atoms with Crippen LogP contribution in [-0.2, 0) is 20.7 Å². The molecule has 0 aromatic heterocycles. The van der Waals surface area contributed by atoms with E-state index in [0.29, 0.717) is 5.56 Å². The SMILES string of the molecule is COC(=O)[C@@H](NC(=O)OC(C)(C)C)[C@H](O)Cc1ccc([N+](=O)[O-])cc1. The van der Waals surface area contributed by atoms with Gasteiger partial charge in [0.15, 0.2) is 6.04 Å². The number of rotatable bonds is 6. The molecule has 1 aromatic rings. The van der Waals surface area contributed by atoms with E-state index >= 15 is 0 Å². The van der Waals surface area contributed by atoms with E-state index in [4.69, 9.17) is 4.74 Å². The molecule has 1 aromatic carbocycles. The number of aliphatic hydroxyl groups excluding tert-OH is 1. The average molecular weight is 354 g/mol. The summed E-state index contributed by atoms with van der Waals surface area (Å²) in [4.78, 5) is 33.8. The molecule has 0 aliphatic rings. The second-order valence-corrected chi connectivity index (χ2v) is 6.34. The fourth-order valence-electron chi connectivity index (χ4n) is 1.99. The molecule has 9 heteroatoms. The van der Waals surface area contributed by atoms with Crippen LogP contribution in [0.25, 0.3) is 0 Å². The Morgan fingerprint density at radius 3 is 2.28 bits per heavy atom. The van der Waals surface area contributed by atoms with E-state index in [2.05, 4.69) is 10.1 Å². The van der Waals surface area contributed by atoms with Crippen LogP contribution in [0.15, 0.2) is 24.3 Å². The maximum absolute atomic E-state index is 11.8. The average Bonchev–Trinajstić information content (AvgIpc) is 2.50. The number of nitrogens with zero attached hydrogens (tertiary/aromatic N) is 1. The van der Waals surface area contributed by atoms with E-state index in [1.165, 1.54) is 24.3 Å². The van der Waals surface area contributed by atoms with Crippen molar-refractivity contribution in [3.05, 3.63) is 39.9 Å². The third-order valence-corrected chi connectivity index (χ3v) is 3.10. The van der Waals surface area contributed by atoms with E-state index in [9.17, 15) is 24.8 Å². The first-order valence-electron chi connectivity index (χ1n) is 7.52. The summed E-state index contributed by atoms with van der Waals surface area (Å²) in [5, 5.41) is 23.2. The van der Waals surface area contributed by atoms with Gasteiger partial charge >= 0.3 is 12.1 Å². The Balaban J connectivity index is 2.82. The number of ether oxygens (including phenoxy) is 2. The molecule has 9 nitrogen and oxygen atoms in total. The topological polar surface area (TPSA) is 128 Å². The Bertz CT molecular complexity index is 622. The molecule has 0 heterocycles. The molecule has 0 radical (unpaired) electrons. The number of hydrogen-bond acceptors (Lipinski definition) is 7. The van der Waals surface area contributed by atoms with E-state index < -0.39 is 34.7 Å². The number of carbonyl (C=O) groups is 2. The molecule has 138 valence electrons. The minimum absolute atomic E-state index is 0.0203. The molecule has 25 heavy (non-hydrogen) atoms. The van der Waals surface area contributed by atoms with Gasteiger partial charge in [0.1, 0.15) is 5.60 Å². The number of alkyl carbamates (subject to hydrolysis) is 1. The fraction of sp³-hybridized carbons (Fsp3) is 0.500. The van der Waals surface area contributed by atoms with Gasteiger partial charge in [-0.1, -0.05) is 12.1 Å². The molecule has 0 unspecified atom stereocenters. The molecule has 0 saturated carbocycles. The molecule has 0 saturated heterocycles. The lowest BCUT2D eigenvalue weighted by atomic mass is 10.0. The van der Waals surface area contributed by atoms with Crippen LogP contribution < -0.4 is 5.32 Å². The van der Waals surface area contributed by atoms with Gasteiger partial charge in [-0.15, -0.1) is 0 Å². The van der Waals surface area contributed by atoms with Gasteiger partial charge < -0.3 is 19.9 Å². The molecular weight excluding hydrogens is 332 g/mol. The van der Waals surface area contributed by atoms with Gasteiger partial charge in [0.2, 0.25) is 0 Å². The van der Waals surface area contributed by atoms with E-state index in [-0.39, 0.29) is 12.1 Å². The number of nitrogens with one attached hydrogen (secondary N) is 1. The van der Waals surface area contributed by atoms with Gasteiger partial charge in [-0.25, -0.2) is 9.59 Å². The number of benzene rings is 1. The van der Waals surface area contributed by atoms with Crippen molar-refractivity contribution in [1.29, 1.82) is 0 Å². The number of nitro benzene ring substituents is 1. The van der Waals surface area contributed by atoms with Crippen molar-refractivity contribution in [2.75, 3.05) is 7.11 Å². The van der Waals surface area contributed by atoms with Gasteiger partial charge in [-0.05, 0) is 26.3 Å². The van der Waals surface area contributed by atoms with Crippen LogP contribution in [0.2, 0.25) is 0 Å². The lowest BCUT2D eigenvalue weighted by Crippen LogP contribution is -2.51. The highest BCUT2D eigenvalue weighted by molar-refractivity contribution is 5.82. The number of aliphatic hydroxyl groups is 1. The lowest BCUT2D eigenvalue weighted by Gasteiger charge is -2.25. The first kappa shape index (κ1) is 20.4. The fourth-order valence-corrected chi connectivity index (χ4v) is 1.99. The third kappa shape index (κ3) is 6.76. The summed E-state index contributed by atoms with van der Waals surface area (Å²) >= 11 is 0. The summed E-state index contributed by atoms with van der Waals surface area (Å²) in [5.74, 6) is -0.833. The summed E-state index contributed by atoms with van der Waals surface area (Å²) < 4.78 is 9.66. The van der Waals surface area contributed by atoms with Crippen molar-refractivity contribution < 1.29 is 29.1 Å². The predicted octanol–water partition coefficient (Wildman–Crippen LogP) is 1.56. The highest BCUT2D eigenvalue weighted by atomic mass is 16.6. The van der Waals surface area contributed by atoms with Gasteiger partial charge in [0.25, 0.3) is 5.69 Å². The predicted molar refractivity (Wildman–Crippen MR) is 88.0 cm³/mol. The van der Waals surface area contributed by atoms with Gasteiger partial charge in [-0.3, -0.25) is 10.1 Å². The Morgan fingerprint density at radius 2 is 1.84 bits per heavy atom. The number of nitro groups is 1. The molecular formula is C16H22N2O7. The Kier molecular flexibility index (Phi) is 6.86. The van der Waals surface area contributed by atoms with Crippen molar-refractivity contribution in [3.8, 4) is 0 Å². The van der Waals surface area contributed by atoms with Crippen molar-refractivity contribution in [1.82, 2.24) is 5.32 Å². The second kappa shape index (κ2) is 8.43. The molecule has 0 fully saturated rings. The largest absolute Gasteiger partial charge is 0.467 e. The van der Waals surface area contributed by atoms with E-state index in [0.717, 1.165) is 7.11 Å². The summed E-state index contributed by atoms with van der Waals surface area (Å²) in [6, 6.07) is 4.16. The Labute approximate surface area is 145 Å². The maximum Gasteiger partial charge on any atom is 0.408 e. The van der Waals surface area contributed by atoms with Crippen LogP contribution in [-0.4, -0.2) is 46.9 Å². The normalized spacial score (nSPS) is 13.5. The molecule has 0 spiro atoms. The van der Waals surface area contributed by atoms with Crippen LogP contribution in [0.5, 0.6) is 0 Å².